The van der Waals surface area contributed by atoms with Crippen molar-refractivity contribution in [2.75, 3.05) is 14.2 Å². The van der Waals surface area contributed by atoms with Crippen molar-refractivity contribution in [1.29, 1.82) is 0 Å². The van der Waals surface area contributed by atoms with Gasteiger partial charge in [0.1, 0.15) is 11.9 Å². The largest absolute Gasteiger partial charge is 0.468 e. The predicted molar refractivity (Wildman–Crippen MR) is 102 cm³/mol. The van der Waals surface area contributed by atoms with E-state index < -0.39 is 29.8 Å². The summed E-state index contributed by atoms with van der Waals surface area (Å²) in [7, 11) is 3.03. The molecule has 0 unspecified atom stereocenters. The molecule has 0 aliphatic carbocycles. The third-order valence-electron chi connectivity index (χ3n) is 5.41. The number of likely N-dealkylation sites (N-methyl/N-ethyl adjacent to an activating group) is 1. The molecule has 1 aromatic heterocycles. The highest BCUT2D eigenvalue weighted by molar-refractivity contribution is 5.83. The Morgan fingerprint density at radius 1 is 1.32 bits per heavy atom. The van der Waals surface area contributed by atoms with Gasteiger partial charge in [0.05, 0.1) is 13.0 Å². The van der Waals surface area contributed by atoms with E-state index in [2.05, 4.69) is 10.3 Å². The Labute approximate surface area is 163 Å². The van der Waals surface area contributed by atoms with E-state index in [1.54, 1.807) is 42.5 Å². The van der Waals surface area contributed by atoms with Crippen molar-refractivity contribution in [2.24, 2.45) is 5.92 Å². The number of pyridine rings is 1. The summed E-state index contributed by atoms with van der Waals surface area (Å²) in [6.07, 6.45) is 3.68. The van der Waals surface area contributed by atoms with Gasteiger partial charge in [-0.2, -0.15) is 0 Å². The lowest BCUT2D eigenvalue weighted by molar-refractivity contribution is -0.145. The van der Waals surface area contributed by atoms with Crippen LogP contribution < -0.4 is 5.32 Å². The number of nitrogens with zero attached hydrogens (tertiary/aromatic N) is 2. The molecule has 148 valence electrons. The Hall–Kier alpha value is -2.80. The number of hydrogen-bond acceptors (Lipinski definition) is 5. The van der Waals surface area contributed by atoms with Crippen LogP contribution in [0.3, 0.4) is 0 Å². The summed E-state index contributed by atoms with van der Waals surface area (Å²) in [5.74, 6) is -1.62. The lowest BCUT2D eigenvalue weighted by Crippen LogP contribution is -2.36. The summed E-state index contributed by atoms with van der Waals surface area (Å²) < 4.78 is 19.4. The first-order chi connectivity index (χ1) is 13.4. The fourth-order valence-corrected chi connectivity index (χ4v) is 3.83. The number of likely N-dealkylation sites (tertiary alicyclic amines) is 1. The zero-order valence-corrected chi connectivity index (χ0v) is 16.2. The maximum atomic E-state index is 14.5. The van der Waals surface area contributed by atoms with Gasteiger partial charge in [0, 0.05) is 30.5 Å². The average Bonchev–Trinajstić information content (AvgIpc) is 3.04. The van der Waals surface area contributed by atoms with Gasteiger partial charge >= 0.3 is 5.97 Å². The molecule has 1 aromatic carbocycles. The Morgan fingerprint density at radius 2 is 2.07 bits per heavy atom. The van der Waals surface area contributed by atoms with Crippen molar-refractivity contribution >= 4 is 11.9 Å². The van der Waals surface area contributed by atoms with Crippen LogP contribution in [0.1, 0.15) is 29.2 Å². The zero-order chi connectivity index (χ0) is 20.3. The number of benzene rings is 1. The number of hydrogen-bond donors (Lipinski definition) is 1. The van der Waals surface area contributed by atoms with Crippen molar-refractivity contribution < 1.29 is 18.7 Å². The van der Waals surface area contributed by atoms with Crippen LogP contribution in [0.2, 0.25) is 0 Å². The molecule has 7 heteroatoms. The number of carbonyl (C=O) groups excluding carboxylic acids is 2. The Kier molecular flexibility index (Phi) is 6.04. The molecule has 2 heterocycles. The van der Waals surface area contributed by atoms with Gasteiger partial charge < -0.3 is 10.1 Å². The van der Waals surface area contributed by atoms with Crippen LogP contribution in [0.15, 0.2) is 42.7 Å². The van der Waals surface area contributed by atoms with Crippen LogP contribution in [0, 0.1) is 18.7 Å². The average molecular weight is 385 g/mol. The van der Waals surface area contributed by atoms with E-state index in [9.17, 15) is 14.0 Å². The standard InChI is InChI=1S/C21H24FN3O3/c1-13-11-23-9-8-14(13)12-24-20(26)16-10-18(21(27)28-3)25(2)19(16)15-6-4-5-7-17(15)22/h4-9,11,16,18-19H,10,12H2,1-3H3,(H,24,26)/t16-,18-,19-/m0/s1. The van der Waals surface area contributed by atoms with E-state index >= 15 is 0 Å². The van der Waals surface area contributed by atoms with E-state index in [0.717, 1.165) is 11.1 Å². The molecule has 1 fully saturated rings. The van der Waals surface area contributed by atoms with Crippen LogP contribution >= 0.6 is 0 Å². The maximum absolute atomic E-state index is 14.5. The van der Waals surface area contributed by atoms with Crippen molar-refractivity contribution in [3.05, 3.63) is 65.2 Å². The molecule has 6 nitrogen and oxygen atoms in total. The molecular weight excluding hydrogens is 361 g/mol. The van der Waals surface area contributed by atoms with Gasteiger partial charge in [0.25, 0.3) is 0 Å². The van der Waals surface area contributed by atoms with Crippen LogP contribution in [0.4, 0.5) is 4.39 Å². The smallest absolute Gasteiger partial charge is 0.323 e. The number of aryl methyl sites for hydroxylation is 1. The SMILES string of the molecule is COC(=O)[C@@H]1C[C@H](C(=O)NCc2ccncc2C)[C@H](c2ccccc2F)N1C. The van der Waals surface area contributed by atoms with Gasteiger partial charge in [-0.3, -0.25) is 19.5 Å². The van der Waals surface area contributed by atoms with Crippen molar-refractivity contribution in [3.8, 4) is 0 Å². The van der Waals surface area contributed by atoms with Crippen molar-refractivity contribution in [3.63, 3.8) is 0 Å². The second-order valence-electron chi connectivity index (χ2n) is 7.03. The van der Waals surface area contributed by atoms with Gasteiger partial charge in [-0.25, -0.2) is 4.39 Å². The molecule has 1 amide bonds. The molecule has 1 aliphatic heterocycles. The summed E-state index contributed by atoms with van der Waals surface area (Å²) in [6.45, 7) is 2.27. The van der Waals surface area contributed by atoms with Gasteiger partial charge in [-0.1, -0.05) is 18.2 Å². The molecule has 1 N–H and O–H groups in total. The lowest BCUT2D eigenvalue weighted by atomic mass is 9.92. The van der Waals surface area contributed by atoms with Crippen LogP contribution in [0.5, 0.6) is 0 Å². The lowest BCUT2D eigenvalue weighted by Gasteiger charge is -2.27. The topological polar surface area (TPSA) is 71.5 Å². The molecule has 3 rings (SSSR count). The molecule has 0 spiro atoms. The van der Waals surface area contributed by atoms with Gasteiger partial charge in [-0.05, 0) is 43.7 Å². The van der Waals surface area contributed by atoms with E-state index in [1.807, 2.05) is 13.0 Å². The van der Waals surface area contributed by atoms with Crippen molar-refractivity contribution in [1.82, 2.24) is 15.2 Å². The molecule has 0 bridgehead atoms. The zero-order valence-electron chi connectivity index (χ0n) is 16.2. The number of amides is 1. The number of aromatic nitrogens is 1. The monoisotopic (exact) mass is 385 g/mol. The third kappa shape index (κ3) is 3.89. The minimum atomic E-state index is -0.604. The number of methoxy groups -OCH3 is 1. The Bertz CT molecular complexity index is 873. The third-order valence-corrected chi connectivity index (χ3v) is 5.41. The molecule has 0 radical (unpaired) electrons. The molecule has 2 aromatic rings. The Morgan fingerprint density at radius 3 is 2.75 bits per heavy atom. The summed E-state index contributed by atoms with van der Waals surface area (Å²) >= 11 is 0. The maximum Gasteiger partial charge on any atom is 0.323 e. The fourth-order valence-electron chi connectivity index (χ4n) is 3.83. The van der Waals surface area contributed by atoms with E-state index in [-0.39, 0.29) is 12.3 Å². The molecule has 1 saturated heterocycles. The predicted octanol–water partition coefficient (Wildman–Crippen LogP) is 2.38. The highest BCUT2D eigenvalue weighted by atomic mass is 19.1. The number of nitrogens with one attached hydrogen (secondary N) is 1. The highest BCUT2D eigenvalue weighted by Gasteiger charge is 2.47. The number of carbonyl (C=O) groups is 2. The molecule has 0 saturated carbocycles. The van der Waals surface area contributed by atoms with E-state index in [4.69, 9.17) is 4.74 Å². The van der Waals surface area contributed by atoms with Crippen LogP contribution in [-0.4, -0.2) is 42.0 Å². The van der Waals surface area contributed by atoms with Gasteiger partial charge in [0.15, 0.2) is 0 Å². The first-order valence-electron chi connectivity index (χ1n) is 9.15. The van der Waals surface area contributed by atoms with E-state index in [0.29, 0.717) is 12.1 Å². The van der Waals surface area contributed by atoms with Crippen LogP contribution in [0.25, 0.3) is 0 Å². The number of esters is 1. The fraction of sp³-hybridized carbons (Fsp3) is 0.381. The normalized spacial score (nSPS) is 22.1. The van der Waals surface area contributed by atoms with Gasteiger partial charge in [0.2, 0.25) is 5.91 Å². The number of rotatable bonds is 5. The highest BCUT2D eigenvalue weighted by Crippen LogP contribution is 2.41. The summed E-state index contributed by atoms with van der Waals surface area (Å²) in [5, 5.41) is 2.93. The van der Waals surface area contributed by atoms with Crippen LogP contribution in [-0.2, 0) is 20.9 Å². The Balaban J connectivity index is 1.85. The summed E-state index contributed by atoms with van der Waals surface area (Å²) in [6, 6.07) is 7.05. The second kappa shape index (κ2) is 8.48. The minimum Gasteiger partial charge on any atom is -0.468 e. The summed E-state index contributed by atoms with van der Waals surface area (Å²) in [5.41, 5.74) is 2.34. The van der Waals surface area contributed by atoms with Crippen molar-refractivity contribution in [2.45, 2.75) is 32.0 Å². The molecule has 28 heavy (non-hydrogen) atoms. The van der Waals surface area contributed by atoms with E-state index in [1.165, 1.54) is 13.2 Å². The minimum absolute atomic E-state index is 0.220. The first-order valence-corrected chi connectivity index (χ1v) is 9.15. The first kappa shape index (κ1) is 19.9. The molecular formula is C21H24FN3O3. The molecule has 3 atom stereocenters. The quantitative estimate of drug-likeness (QED) is 0.800. The number of halogens is 1. The molecule has 1 aliphatic rings. The number of ether oxygens (including phenoxy) is 1. The van der Waals surface area contributed by atoms with Gasteiger partial charge in [-0.15, -0.1) is 0 Å². The summed E-state index contributed by atoms with van der Waals surface area (Å²) in [4.78, 5) is 31.0. The second-order valence-corrected chi connectivity index (χ2v) is 7.03.